The number of hydrogen-bond acceptors (Lipinski definition) is 3. The molecule has 1 unspecified atom stereocenters. The van der Waals surface area contributed by atoms with Crippen molar-refractivity contribution in [2.24, 2.45) is 11.1 Å². The lowest BCUT2D eigenvalue weighted by atomic mass is 10.0. The lowest BCUT2D eigenvalue weighted by Crippen LogP contribution is -2.42. The summed E-state index contributed by atoms with van der Waals surface area (Å²) in [6.07, 6.45) is 3.09. The van der Waals surface area contributed by atoms with Crippen LogP contribution in [0.3, 0.4) is 0 Å². The summed E-state index contributed by atoms with van der Waals surface area (Å²) in [5.74, 6) is -0.0882. The van der Waals surface area contributed by atoms with Gasteiger partial charge < -0.3 is 15.8 Å². The number of carbonyl (C=O) groups is 1. The van der Waals surface area contributed by atoms with Crippen molar-refractivity contribution in [3.05, 3.63) is 0 Å². The molecule has 90 valence electrons. The standard InChI is InChI=1S/C10H20N2O2.ClH/c1-3-10(4-5-10)7-12-9(13)8(6-11)14-2;/h8H,3-7,11H2,1-2H3,(H,12,13);1H. The van der Waals surface area contributed by atoms with Gasteiger partial charge >= 0.3 is 0 Å². The van der Waals surface area contributed by atoms with E-state index in [1.807, 2.05) is 0 Å². The molecule has 15 heavy (non-hydrogen) atoms. The van der Waals surface area contributed by atoms with Gasteiger partial charge in [0.05, 0.1) is 0 Å². The van der Waals surface area contributed by atoms with Crippen LogP contribution in [-0.4, -0.2) is 32.2 Å². The first kappa shape index (κ1) is 14.7. The third kappa shape index (κ3) is 3.97. The Morgan fingerprint density at radius 3 is 2.53 bits per heavy atom. The van der Waals surface area contributed by atoms with E-state index in [1.54, 1.807) is 0 Å². The van der Waals surface area contributed by atoms with E-state index in [9.17, 15) is 4.79 Å². The number of nitrogens with one attached hydrogen (secondary N) is 1. The number of carbonyl (C=O) groups excluding carboxylic acids is 1. The third-order valence-corrected chi connectivity index (χ3v) is 3.14. The molecule has 1 aliphatic rings. The maximum Gasteiger partial charge on any atom is 0.250 e. The van der Waals surface area contributed by atoms with Gasteiger partial charge in [-0.3, -0.25) is 4.79 Å². The minimum atomic E-state index is -0.498. The predicted molar refractivity (Wildman–Crippen MR) is 62.1 cm³/mol. The second-order valence-corrected chi connectivity index (χ2v) is 4.03. The van der Waals surface area contributed by atoms with Crippen LogP contribution in [-0.2, 0) is 9.53 Å². The number of methoxy groups -OCH3 is 1. The SMILES string of the molecule is CCC1(CNC(=O)C(CN)OC)CC1.Cl. The Kier molecular flexibility index (Phi) is 6.17. The summed E-state index contributed by atoms with van der Waals surface area (Å²) in [4.78, 5) is 11.5. The monoisotopic (exact) mass is 236 g/mol. The summed E-state index contributed by atoms with van der Waals surface area (Å²) < 4.78 is 4.94. The van der Waals surface area contributed by atoms with Gasteiger partial charge in [0.15, 0.2) is 0 Å². The Labute approximate surface area is 97.3 Å². The van der Waals surface area contributed by atoms with Crippen molar-refractivity contribution < 1.29 is 9.53 Å². The zero-order valence-electron chi connectivity index (χ0n) is 9.41. The number of hydrogen-bond donors (Lipinski definition) is 2. The largest absolute Gasteiger partial charge is 0.370 e. The Hall–Kier alpha value is -0.320. The van der Waals surface area contributed by atoms with E-state index in [-0.39, 0.29) is 24.9 Å². The summed E-state index contributed by atoms with van der Waals surface area (Å²) in [7, 11) is 1.50. The van der Waals surface area contributed by atoms with Crippen molar-refractivity contribution in [3.8, 4) is 0 Å². The van der Waals surface area contributed by atoms with Gasteiger partial charge in [-0.2, -0.15) is 0 Å². The maximum absolute atomic E-state index is 11.5. The van der Waals surface area contributed by atoms with Crippen LogP contribution >= 0.6 is 12.4 Å². The molecule has 4 nitrogen and oxygen atoms in total. The molecule has 3 N–H and O–H groups in total. The van der Waals surface area contributed by atoms with Crippen molar-refractivity contribution in [2.45, 2.75) is 32.3 Å². The van der Waals surface area contributed by atoms with Crippen LogP contribution < -0.4 is 11.1 Å². The second-order valence-electron chi connectivity index (χ2n) is 4.03. The first-order chi connectivity index (χ1) is 6.67. The fourth-order valence-corrected chi connectivity index (χ4v) is 1.53. The maximum atomic E-state index is 11.5. The number of halogens is 1. The zero-order valence-corrected chi connectivity index (χ0v) is 10.2. The Morgan fingerprint density at radius 2 is 2.20 bits per heavy atom. The van der Waals surface area contributed by atoms with Crippen LogP contribution in [0.2, 0.25) is 0 Å². The van der Waals surface area contributed by atoms with Crippen molar-refractivity contribution in [1.29, 1.82) is 0 Å². The molecule has 1 rings (SSSR count). The highest BCUT2D eigenvalue weighted by molar-refractivity contribution is 5.85. The lowest BCUT2D eigenvalue weighted by Gasteiger charge is -2.17. The Bertz CT molecular complexity index is 204. The summed E-state index contributed by atoms with van der Waals surface area (Å²) in [6.45, 7) is 3.17. The van der Waals surface area contributed by atoms with Gasteiger partial charge in [0.2, 0.25) is 5.91 Å². The van der Waals surface area contributed by atoms with E-state index in [1.165, 1.54) is 20.0 Å². The predicted octanol–water partition coefficient (Wildman–Crippen LogP) is 0.688. The van der Waals surface area contributed by atoms with Crippen LogP contribution in [0, 0.1) is 5.41 Å². The molecule has 0 bridgehead atoms. The molecule has 0 aliphatic heterocycles. The summed E-state index contributed by atoms with van der Waals surface area (Å²) >= 11 is 0. The Balaban J connectivity index is 0.00000196. The lowest BCUT2D eigenvalue weighted by molar-refractivity contribution is -0.130. The molecule has 0 heterocycles. The van der Waals surface area contributed by atoms with E-state index >= 15 is 0 Å². The molecule has 0 saturated heterocycles. The van der Waals surface area contributed by atoms with Crippen molar-refractivity contribution in [2.75, 3.05) is 20.2 Å². The van der Waals surface area contributed by atoms with Crippen LogP contribution in [0.5, 0.6) is 0 Å². The van der Waals surface area contributed by atoms with Crippen LogP contribution in [0.25, 0.3) is 0 Å². The fourth-order valence-electron chi connectivity index (χ4n) is 1.53. The minimum Gasteiger partial charge on any atom is -0.370 e. The first-order valence-corrected chi connectivity index (χ1v) is 5.18. The van der Waals surface area contributed by atoms with Gasteiger partial charge in [-0.05, 0) is 24.7 Å². The zero-order chi connectivity index (χ0) is 10.6. The number of nitrogens with two attached hydrogens (primary N) is 1. The highest BCUT2D eigenvalue weighted by atomic mass is 35.5. The molecule has 0 radical (unpaired) electrons. The molecular weight excluding hydrogens is 216 g/mol. The van der Waals surface area contributed by atoms with Crippen molar-refractivity contribution in [1.82, 2.24) is 5.32 Å². The molecule has 0 aromatic carbocycles. The molecule has 0 spiro atoms. The fraction of sp³-hybridized carbons (Fsp3) is 0.900. The summed E-state index contributed by atoms with van der Waals surface area (Å²) in [5.41, 5.74) is 5.76. The molecule has 0 aromatic heterocycles. The Morgan fingerprint density at radius 1 is 1.60 bits per heavy atom. The van der Waals surface area contributed by atoms with Crippen LogP contribution in [0.15, 0.2) is 0 Å². The van der Waals surface area contributed by atoms with Gasteiger partial charge in [-0.15, -0.1) is 12.4 Å². The van der Waals surface area contributed by atoms with E-state index in [4.69, 9.17) is 10.5 Å². The van der Waals surface area contributed by atoms with E-state index in [2.05, 4.69) is 12.2 Å². The van der Waals surface area contributed by atoms with E-state index < -0.39 is 6.10 Å². The van der Waals surface area contributed by atoms with Gasteiger partial charge in [0.25, 0.3) is 0 Å². The molecule has 1 aliphatic carbocycles. The number of ether oxygens (including phenoxy) is 1. The van der Waals surface area contributed by atoms with Crippen molar-refractivity contribution in [3.63, 3.8) is 0 Å². The quantitative estimate of drug-likeness (QED) is 0.713. The first-order valence-electron chi connectivity index (χ1n) is 5.18. The smallest absolute Gasteiger partial charge is 0.250 e. The van der Waals surface area contributed by atoms with Gasteiger partial charge in [0.1, 0.15) is 6.10 Å². The van der Waals surface area contributed by atoms with Crippen LogP contribution in [0.1, 0.15) is 26.2 Å². The minimum absolute atomic E-state index is 0. The molecular formula is C10H21ClN2O2. The van der Waals surface area contributed by atoms with Crippen molar-refractivity contribution >= 4 is 18.3 Å². The van der Waals surface area contributed by atoms with Gasteiger partial charge in [-0.1, -0.05) is 6.92 Å². The van der Waals surface area contributed by atoms with Gasteiger partial charge in [0, 0.05) is 20.2 Å². The summed E-state index contributed by atoms with van der Waals surface area (Å²) in [6, 6.07) is 0. The molecule has 1 atom stereocenters. The summed E-state index contributed by atoms with van der Waals surface area (Å²) in [5, 5.41) is 2.89. The van der Waals surface area contributed by atoms with E-state index in [0.29, 0.717) is 5.41 Å². The highest BCUT2D eigenvalue weighted by Crippen LogP contribution is 2.47. The average Bonchev–Trinajstić information content (AvgIpc) is 2.97. The third-order valence-electron chi connectivity index (χ3n) is 3.14. The number of amides is 1. The normalized spacial score (nSPS) is 18.9. The van der Waals surface area contributed by atoms with E-state index in [0.717, 1.165) is 13.0 Å². The topological polar surface area (TPSA) is 64.4 Å². The molecule has 1 amide bonds. The second kappa shape index (κ2) is 6.30. The highest BCUT2D eigenvalue weighted by Gasteiger charge is 2.40. The molecule has 1 fully saturated rings. The average molecular weight is 237 g/mol. The van der Waals surface area contributed by atoms with Crippen LogP contribution in [0.4, 0.5) is 0 Å². The van der Waals surface area contributed by atoms with Gasteiger partial charge in [-0.25, -0.2) is 0 Å². The number of rotatable bonds is 6. The molecule has 0 aromatic rings. The molecule has 1 saturated carbocycles. The molecule has 5 heteroatoms.